The lowest BCUT2D eigenvalue weighted by Gasteiger charge is -2.04. The summed E-state index contributed by atoms with van der Waals surface area (Å²) >= 11 is 5.88. The third-order valence-electron chi connectivity index (χ3n) is 3.77. The van der Waals surface area contributed by atoms with E-state index in [1.54, 1.807) is 54.6 Å². The Morgan fingerprint density at radius 1 is 0.926 bits per heavy atom. The van der Waals surface area contributed by atoms with Crippen molar-refractivity contribution in [2.75, 3.05) is 0 Å². The number of ether oxygens (including phenoxy) is 2. The number of aromatic nitrogens is 1. The summed E-state index contributed by atoms with van der Waals surface area (Å²) in [5, 5.41) is 0.650. The normalized spacial score (nSPS) is 10.7. The van der Waals surface area contributed by atoms with Crippen molar-refractivity contribution in [1.82, 2.24) is 4.98 Å². The maximum Gasteiger partial charge on any atom is 0.308 e. The Kier molecular flexibility index (Phi) is 4.52. The second-order valence-corrected chi connectivity index (χ2v) is 6.26. The summed E-state index contributed by atoms with van der Waals surface area (Å²) in [6.07, 6.45) is 0. The SMILES string of the molecule is CC(=O)Oc1ccc(-c2nc3ccc(Oc4ccc(Cl)cc4)cc3o2)cc1. The fraction of sp³-hybridized carbons (Fsp3) is 0.0476. The highest BCUT2D eigenvalue weighted by Crippen LogP contribution is 2.30. The van der Waals surface area contributed by atoms with Gasteiger partial charge in [-0.2, -0.15) is 0 Å². The lowest BCUT2D eigenvalue weighted by molar-refractivity contribution is -0.131. The molecule has 6 heteroatoms. The zero-order valence-electron chi connectivity index (χ0n) is 14.3. The molecule has 0 amide bonds. The molecule has 5 nitrogen and oxygen atoms in total. The molecule has 0 radical (unpaired) electrons. The Morgan fingerprint density at radius 3 is 2.30 bits per heavy atom. The van der Waals surface area contributed by atoms with Crippen molar-refractivity contribution in [3.63, 3.8) is 0 Å². The van der Waals surface area contributed by atoms with E-state index in [-0.39, 0.29) is 5.97 Å². The monoisotopic (exact) mass is 379 g/mol. The van der Waals surface area contributed by atoms with Gasteiger partial charge in [0.05, 0.1) is 0 Å². The average Bonchev–Trinajstić information content (AvgIpc) is 3.07. The van der Waals surface area contributed by atoms with Crippen LogP contribution in [0.2, 0.25) is 5.02 Å². The maximum atomic E-state index is 11.0. The maximum absolute atomic E-state index is 11.0. The van der Waals surface area contributed by atoms with E-state index >= 15 is 0 Å². The molecule has 1 aromatic heterocycles. The first-order valence-electron chi connectivity index (χ1n) is 8.20. The standard InChI is InChI=1S/C21H14ClNO4/c1-13(24)25-16-6-2-14(3-7-16)21-23-19-11-10-18(12-20(19)27-21)26-17-8-4-15(22)5-9-17/h2-12H,1H3. The van der Waals surface area contributed by atoms with E-state index < -0.39 is 0 Å². The van der Waals surface area contributed by atoms with Crippen molar-refractivity contribution in [2.24, 2.45) is 0 Å². The number of nitrogens with zero attached hydrogens (tertiary/aromatic N) is 1. The molecule has 0 bridgehead atoms. The Hall–Kier alpha value is -3.31. The smallest absolute Gasteiger partial charge is 0.308 e. The molecular weight excluding hydrogens is 366 g/mol. The van der Waals surface area contributed by atoms with Gasteiger partial charge < -0.3 is 13.9 Å². The first-order chi connectivity index (χ1) is 13.1. The molecule has 0 spiro atoms. The zero-order chi connectivity index (χ0) is 18.8. The van der Waals surface area contributed by atoms with E-state index in [4.69, 9.17) is 25.5 Å². The highest BCUT2D eigenvalue weighted by Gasteiger charge is 2.10. The van der Waals surface area contributed by atoms with Gasteiger partial charge in [-0.25, -0.2) is 4.98 Å². The number of rotatable bonds is 4. The number of carbonyl (C=O) groups is 1. The molecule has 0 saturated heterocycles. The number of oxazole rings is 1. The van der Waals surface area contributed by atoms with Crippen LogP contribution in [0, 0.1) is 0 Å². The quantitative estimate of drug-likeness (QED) is 0.328. The van der Waals surface area contributed by atoms with Crippen molar-refractivity contribution in [1.29, 1.82) is 0 Å². The number of esters is 1. The Morgan fingerprint density at radius 2 is 1.59 bits per heavy atom. The van der Waals surface area contributed by atoms with Gasteiger partial charge in [0.2, 0.25) is 5.89 Å². The topological polar surface area (TPSA) is 61.6 Å². The van der Waals surface area contributed by atoms with Gasteiger partial charge in [-0.3, -0.25) is 4.79 Å². The number of benzene rings is 3. The molecule has 0 aliphatic carbocycles. The van der Waals surface area contributed by atoms with Crippen LogP contribution in [0.25, 0.3) is 22.6 Å². The van der Waals surface area contributed by atoms with Crippen LogP contribution >= 0.6 is 11.6 Å². The van der Waals surface area contributed by atoms with Crippen molar-refractivity contribution in [3.8, 4) is 28.7 Å². The molecule has 0 N–H and O–H groups in total. The molecule has 4 aromatic rings. The Balaban J connectivity index is 1.58. The summed E-state index contributed by atoms with van der Waals surface area (Å²) < 4.78 is 16.7. The van der Waals surface area contributed by atoms with Gasteiger partial charge in [0.1, 0.15) is 22.8 Å². The summed E-state index contributed by atoms with van der Waals surface area (Å²) in [5.41, 5.74) is 2.11. The van der Waals surface area contributed by atoms with Gasteiger partial charge in [0.15, 0.2) is 5.58 Å². The average molecular weight is 380 g/mol. The van der Waals surface area contributed by atoms with E-state index in [0.717, 1.165) is 11.1 Å². The van der Waals surface area contributed by atoms with Gasteiger partial charge in [-0.15, -0.1) is 0 Å². The minimum Gasteiger partial charge on any atom is -0.457 e. The number of hydrogen-bond acceptors (Lipinski definition) is 5. The highest BCUT2D eigenvalue weighted by molar-refractivity contribution is 6.30. The third-order valence-corrected chi connectivity index (χ3v) is 4.02. The second-order valence-electron chi connectivity index (χ2n) is 5.82. The molecule has 0 atom stereocenters. The Bertz CT molecular complexity index is 1100. The van der Waals surface area contributed by atoms with Crippen LogP contribution in [0.4, 0.5) is 0 Å². The van der Waals surface area contributed by atoms with E-state index in [2.05, 4.69) is 4.98 Å². The highest BCUT2D eigenvalue weighted by atomic mass is 35.5. The third kappa shape index (κ3) is 3.93. The number of halogens is 1. The minimum atomic E-state index is -0.363. The van der Waals surface area contributed by atoms with Crippen molar-refractivity contribution < 1.29 is 18.7 Å². The molecule has 1 heterocycles. The van der Waals surface area contributed by atoms with E-state index in [0.29, 0.717) is 33.7 Å². The van der Waals surface area contributed by atoms with Crippen molar-refractivity contribution in [2.45, 2.75) is 6.92 Å². The predicted molar refractivity (Wildman–Crippen MR) is 102 cm³/mol. The second kappa shape index (κ2) is 7.13. The molecular formula is C21H14ClNO4. The van der Waals surface area contributed by atoms with E-state index in [9.17, 15) is 4.79 Å². The van der Waals surface area contributed by atoms with Crippen LogP contribution in [0.5, 0.6) is 17.2 Å². The fourth-order valence-electron chi connectivity index (χ4n) is 2.56. The molecule has 134 valence electrons. The van der Waals surface area contributed by atoms with Crippen molar-refractivity contribution >= 4 is 28.7 Å². The summed E-state index contributed by atoms with van der Waals surface area (Å²) in [5.74, 6) is 1.90. The van der Waals surface area contributed by atoms with Gasteiger partial charge in [-0.1, -0.05) is 11.6 Å². The van der Waals surface area contributed by atoms with Crippen molar-refractivity contribution in [3.05, 3.63) is 71.8 Å². The van der Waals surface area contributed by atoms with Crippen LogP contribution in [0.3, 0.4) is 0 Å². The summed E-state index contributed by atoms with van der Waals surface area (Å²) in [6, 6.07) is 19.5. The van der Waals surface area contributed by atoms with Crippen LogP contribution < -0.4 is 9.47 Å². The summed E-state index contributed by atoms with van der Waals surface area (Å²) in [6.45, 7) is 1.36. The lowest BCUT2D eigenvalue weighted by atomic mass is 10.2. The van der Waals surface area contributed by atoms with Crippen LogP contribution in [-0.4, -0.2) is 11.0 Å². The predicted octanol–water partition coefficient (Wildman–Crippen LogP) is 5.87. The lowest BCUT2D eigenvalue weighted by Crippen LogP contribution is -2.00. The zero-order valence-corrected chi connectivity index (χ0v) is 15.1. The number of hydrogen-bond donors (Lipinski definition) is 0. The molecule has 0 fully saturated rings. The van der Waals surface area contributed by atoms with Gasteiger partial charge in [0.25, 0.3) is 0 Å². The summed E-state index contributed by atoms with van der Waals surface area (Å²) in [4.78, 5) is 15.5. The number of fused-ring (bicyclic) bond motifs is 1. The fourth-order valence-corrected chi connectivity index (χ4v) is 2.69. The molecule has 0 aliphatic heterocycles. The molecule has 0 aliphatic rings. The van der Waals surface area contributed by atoms with Gasteiger partial charge in [0, 0.05) is 23.6 Å². The molecule has 4 rings (SSSR count). The molecule has 0 saturated carbocycles. The Labute approximate surface area is 160 Å². The summed E-state index contributed by atoms with van der Waals surface area (Å²) in [7, 11) is 0. The first-order valence-corrected chi connectivity index (χ1v) is 8.57. The van der Waals surface area contributed by atoms with E-state index in [1.165, 1.54) is 6.92 Å². The van der Waals surface area contributed by atoms with Crippen LogP contribution in [0.1, 0.15) is 6.92 Å². The van der Waals surface area contributed by atoms with Crippen LogP contribution in [-0.2, 0) is 4.79 Å². The first kappa shape index (κ1) is 17.1. The molecule has 0 unspecified atom stereocenters. The van der Waals surface area contributed by atoms with Crippen LogP contribution in [0.15, 0.2) is 71.1 Å². The van der Waals surface area contributed by atoms with Gasteiger partial charge >= 0.3 is 5.97 Å². The number of carbonyl (C=O) groups excluding carboxylic acids is 1. The molecule has 27 heavy (non-hydrogen) atoms. The molecule has 3 aromatic carbocycles. The largest absolute Gasteiger partial charge is 0.457 e. The minimum absolute atomic E-state index is 0.363. The van der Waals surface area contributed by atoms with E-state index in [1.807, 2.05) is 12.1 Å². The van der Waals surface area contributed by atoms with Gasteiger partial charge in [-0.05, 0) is 60.7 Å².